The van der Waals surface area contributed by atoms with Gasteiger partial charge in [-0.15, -0.1) is 0 Å². The van der Waals surface area contributed by atoms with Crippen LogP contribution in [0.5, 0.6) is 0 Å². The summed E-state index contributed by atoms with van der Waals surface area (Å²) in [5.41, 5.74) is 5.40. The zero-order valence-corrected chi connectivity index (χ0v) is 11.3. The van der Waals surface area contributed by atoms with Gasteiger partial charge in [0.05, 0.1) is 4.90 Å². The summed E-state index contributed by atoms with van der Waals surface area (Å²) >= 11 is 0. The molecule has 6 nitrogen and oxygen atoms in total. The lowest BCUT2D eigenvalue weighted by Gasteiger charge is -2.20. The van der Waals surface area contributed by atoms with Gasteiger partial charge in [-0.1, -0.05) is 0 Å². The van der Waals surface area contributed by atoms with Crippen LogP contribution in [0.15, 0.2) is 29.2 Å². The van der Waals surface area contributed by atoms with Crippen molar-refractivity contribution < 1.29 is 13.2 Å². The van der Waals surface area contributed by atoms with Gasteiger partial charge in [-0.25, -0.2) is 17.9 Å². The van der Waals surface area contributed by atoms with Gasteiger partial charge in [-0.05, 0) is 45.0 Å². The first-order valence-electron chi connectivity index (χ1n) is 5.31. The first kappa shape index (κ1) is 14.3. The minimum Gasteiger partial charge on any atom is -0.399 e. The summed E-state index contributed by atoms with van der Waals surface area (Å²) in [7, 11) is -3.87. The summed E-state index contributed by atoms with van der Waals surface area (Å²) in [6.45, 7) is 5.26. The fraction of sp³-hybridized carbons (Fsp3) is 0.364. The molecule has 0 aliphatic heterocycles. The molecule has 0 saturated heterocycles. The van der Waals surface area contributed by atoms with Gasteiger partial charge in [-0.3, -0.25) is 0 Å². The predicted molar refractivity (Wildman–Crippen MR) is 69.5 cm³/mol. The van der Waals surface area contributed by atoms with E-state index in [9.17, 15) is 13.2 Å². The summed E-state index contributed by atoms with van der Waals surface area (Å²) in [5.74, 6) is 0. The molecule has 0 fully saturated rings. The fourth-order valence-electron chi connectivity index (χ4n) is 1.19. The summed E-state index contributed by atoms with van der Waals surface area (Å²) in [6.07, 6.45) is 0. The minimum absolute atomic E-state index is 0.0132. The van der Waals surface area contributed by atoms with Gasteiger partial charge < -0.3 is 11.1 Å². The maximum atomic E-state index is 11.8. The third-order valence-corrected chi connectivity index (χ3v) is 3.25. The van der Waals surface area contributed by atoms with Gasteiger partial charge in [0, 0.05) is 11.2 Å². The van der Waals surface area contributed by atoms with Crippen LogP contribution in [0.1, 0.15) is 20.8 Å². The SMILES string of the molecule is CC(C)(C)NC(=O)NS(=O)(=O)c1ccc(N)cc1. The first-order chi connectivity index (χ1) is 8.10. The highest BCUT2D eigenvalue weighted by Gasteiger charge is 2.20. The predicted octanol–water partition coefficient (Wildman–Crippen LogP) is 1.06. The fourth-order valence-corrected chi connectivity index (χ4v) is 2.10. The van der Waals surface area contributed by atoms with Crippen molar-refractivity contribution in [1.82, 2.24) is 10.0 Å². The third kappa shape index (κ3) is 4.25. The van der Waals surface area contributed by atoms with Crippen LogP contribution in [0.25, 0.3) is 0 Å². The normalized spacial score (nSPS) is 11.9. The highest BCUT2D eigenvalue weighted by atomic mass is 32.2. The molecule has 4 N–H and O–H groups in total. The topological polar surface area (TPSA) is 101 Å². The van der Waals surface area contributed by atoms with Crippen LogP contribution in [0.4, 0.5) is 10.5 Å². The molecule has 1 rings (SSSR count). The quantitative estimate of drug-likeness (QED) is 0.700. The van der Waals surface area contributed by atoms with Crippen molar-refractivity contribution in [2.45, 2.75) is 31.2 Å². The monoisotopic (exact) mass is 271 g/mol. The van der Waals surface area contributed by atoms with E-state index >= 15 is 0 Å². The molecule has 100 valence electrons. The van der Waals surface area contributed by atoms with Crippen LogP contribution in [0, 0.1) is 0 Å². The van der Waals surface area contributed by atoms with Crippen molar-refractivity contribution in [1.29, 1.82) is 0 Å². The van der Waals surface area contributed by atoms with Crippen LogP contribution >= 0.6 is 0 Å². The summed E-state index contributed by atoms with van der Waals surface area (Å²) in [5, 5.41) is 2.50. The van der Waals surface area contributed by atoms with E-state index in [1.165, 1.54) is 24.3 Å². The van der Waals surface area contributed by atoms with Gasteiger partial charge in [-0.2, -0.15) is 0 Å². The molecule has 0 spiro atoms. The Morgan fingerprint density at radius 2 is 1.67 bits per heavy atom. The number of rotatable bonds is 2. The summed E-state index contributed by atoms with van der Waals surface area (Å²) in [4.78, 5) is 11.5. The zero-order chi connectivity index (χ0) is 14.0. The number of carbonyl (C=O) groups is 1. The molecule has 0 radical (unpaired) electrons. The second-order valence-corrected chi connectivity index (χ2v) is 6.56. The highest BCUT2D eigenvalue weighted by Crippen LogP contribution is 2.11. The van der Waals surface area contributed by atoms with Crippen LogP contribution < -0.4 is 15.8 Å². The van der Waals surface area contributed by atoms with Gasteiger partial charge in [0.15, 0.2) is 0 Å². The molecule has 0 saturated carbocycles. The summed E-state index contributed by atoms with van der Waals surface area (Å²) in [6, 6.07) is 4.82. The van der Waals surface area contributed by atoms with Crippen molar-refractivity contribution in [3.63, 3.8) is 0 Å². The average Bonchev–Trinajstić information content (AvgIpc) is 2.13. The molecule has 0 unspecified atom stereocenters. The number of benzene rings is 1. The smallest absolute Gasteiger partial charge is 0.329 e. The van der Waals surface area contributed by atoms with E-state index in [-0.39, 0.29) is 4.90 Å². The standard InChI is InChI=1S/C11H17N3O3S/c1-11(2,3)13-10(15)14-18(16,17)9-6-4-8(12)5-7-9/h4-7H,12H2,1-3H3,(H2,13,14,15). The Bertz CT molecular complexity index is 530. The number of amides is 2. The molecule has 0 atom stereocenters. The van der Waals surface area contributed by atoms with Gasteiger partial charge in [0.1, 0.15) is 0 Å². The lowest BCUT2D eigenvalue weighted by molar-refractivity contribution is 0.237. The van der Waals surface area contributed by atoms with Crippen LogP contribution in [0.3, 0.4) is 0 Å². The van der Waals surface area contributed by atoms with Gasteiger partial charge in [0.25, 0.3) is 10.0 Å². The van der Waals surface area contributed by atoms with E-state index in [0.717, 1.165) is 0 Å². The number of hydrogen-bond donors (Lipinski definition) is 3. The molecular formula is C11H17N3O3S. The van der Waals surface area contributed by atoms with Crippen molar-refractivity contribution in [2.24, 2.45) is 0 Å². The van der Waals surface area contributed by atoms with Crippen LogP contribution in [-0.2, 0) is 10.0 Å². The van der Waals surface area contributed by atoms with Crippen LogP contribution in [0.2, 0.25) is 0 Å². The maximum absolute atomic E-state index is 11.8. The molecular weight excluding hydrogens is 254 g/mol. The largest absolute Gasteiger partial charge is 0.399 e. The molecule has 0 aromatic heterocycles. The lowest BCUT2D eigenvalue weighted by Crippen LogP contribution is -2.48. The number of hydrogen-bond acceptors (Lipinski definition) is 4. The summed E-state index contributed by atoms with van der Waals surface area (Å²) < 4.78 is 25.6. The second kappa shape index (κ2) is 4.85. The number of carbonyl (C=O) groups excluding carboxylic acids is 1. The molecule has 18 heavy (non-hydrogen) atoms. The van der Waals surface area contributed by atoms with Crippen molar-refractivity contribution in [3.8, 4) is 0 Å². The Kier molecular flexibility index (Phi) is 3.85. The number of nitrogens with one attached hydrogen (secondary N) is 2. The third-order valence-electron chi connectivity index (χ3n) is 1.91. The molecule has 1 aromatic carbocycles. The van der Waals surface area contributed by atoms with Gasteiger partial charge >= 0.3 is 6.03 Å². The number of nitrogen functional groups attached to an aromatic ring is 1. The maximum Gasteiger partial charge on any atom is 0.329 e. The molecule has 7 heteroatoms. The van der Waals surface area contributed by atoms with Crippen molar-refractivity contribution in [2.75, 3.05) is 5.73 Å². The molecule has 0 aliphatic carbocycles. The Labute approximate surface area is 107 Å². The average molecular weight is 271 g/mol. The molecule has 0 aliphatic rings. The Morgan fingerprint density at radius 3 is 2.11 bits per heavy atom. The molecule has 0 bridgehead atoms. The van der Waals surface area contributed by atoms with Crippen molar-refractivity contribution >= 4 is 21.7 Å². The van der Waals surface area contributed by atoms with E-state index < -0.39 is 21.6 Å². The van der Waals surface area contributed by atoms with E-state index in [1.54, 1.807) is 20.8 Å². The van der Waals surface area contributed by atoms with E-state index in [2.05, 4.69) is 5.32 Å². The number of anilines is 1. The minimum atomic E-state index is -3.87. The number of sulfonamides is 1. The van der Waals surface area contributed by atoms with E-state index in [1.807, 2.05) is 4.72 Å². The van der Waals surface area contributed by atoms with Gasteiger partial charge in [0.2, 0.25) is 0 Å². The zero-order valence-electron chi connectivity index (χ0n) is 10.5. The Morgan fingerprint density at radius 1 is 1.17 bits per heavy atom. The highest BCUT2D eigenvalue weighted by molar-refractivity contribution is 7.90. The lowest BCUT2D eigenvalue weighted by atomic mass is 10.1. The van der Waals surface area contributed by atoms with Crippen molar-refractivity contribution in [3.05, 3.63) is 24.3 Å². The first-order valence-corrected chi connectivity index (χ1v) is 6.79. The molecule has 0 heterocycles. The molecule has 2 amide bonds. The number of nitrogens with two attached hydrogens (primary N) is 1. The van der Waals surface area contributed by atoms with E-state index in [4.69, 9.17) is 5.73 Å². The molecule has 1 aromatic rings. The van der Waals surface area contributed by atoms with E-state index in [0.29, 0.717) is 5.69 Å². The second-order valence-electron chi connectivity index (χ2n) is 4.88. The number of urea groups is 1. The Hall–Kier alpha value is -1.76. The van der Waals surface area contributed by atoms with Crippen LogP contribution in [-0.4, -0.2) is 20.0 Å². The Balaban J connectivity index is 2.83.